The van der Waals surface area contributed by atoms with Gasteiger partial charge < -0.3 is 15.2 Å². The van der Waals surface area contributed by atoms with Crippen molar-refractivity contribution in [2.45, 2.75) is 118 Å². The number of esters is 1. The quantitative estimate of drug-likeness (QED) is 0.338. The van der Waals surface area contributed by atoms with Gasteiger partial charge in [-0.3, -0.25) is 9.59 Å². The van der Waals surface area contributed by atoms with Gasteiger partial charge in [0.2, 0.25) is 5.91 Å². The molecule has 0 saturated carbocycles. The Labute approximate surface area is 173 Å². The second kappa shape index (κ2) is 13.2. The molecule has 0 saturated heterocycles. The van der Waals surface area contributed by atoms with Crippen LogP contribution in [0.1, 0.15) is 106 Å². The van der Waals surface area contributed by atoms with Crippen LogP contribution in [0.25, 0.3) is 0 Å². The largest absolute Gasteiger partial charge is 0.460 e. The maximum absolute atomic E-state index is 12.8. The second-order valence-electron chi connectivity index (χ2n) is 10.0. The van der Waals surface area contributed by atoms with E-state index in [0.29, 0.717) is 6.42 Å². The Morgan fingerprint density at radius 2 is 1.46 bits per heavy atom. The van der Waals surface area contributed by atoms with Gasteiger partial charge in [-0.25, -0.2) is 0 Å². The standard InChI is InChI=1S/C23H45NO4/c1-8-9-10-11-12-13-14-15-18(16-20(26)28-23(5,6)7)21(27)24-19(17-25)22(2,3)4/h18-19,25H,8-17H2,1-7H3,(H,24,27)/t18-,19-/m1/s1. The number of carbonyl (C=O) groups is 2. The van der Waals surface area contributed by atoms with Gasteiger partial charge in [0.05, 0.1) is 19.1 Å². The van der Waals surface area contributed by atoms with Crippen LogP contribution in [-0.4, -0.2) is 35.2 Å². The van der Waals surface area contributed by atoms with Gasteiger partial charge in [0, 0.05) is 5.92 Å². The van der Waals surface area contributed by atoms with E-state index < -0.39 is 11.5 Å². The zero-order chi connectivity index (χ0) is 21.8. The molecule has 0 aliphatic heterocycles. The van der Waals surface area contributed by atoms with Gasteiger partial charge in [0.25, 0.3) is 0 Å². The van der Waals surface area contributed by atoms with Crippen LogP contribution in [0.15, 0.2) is 0 Å². The molecule has 1 amide bonds. The highest BCUT2D eigenvalue weighted by Gasteiger charge is 2.30. The molecule has 0 fully saturated rings. The van der Waals surface area contributed by atoms with Gasteiger partial charge in [-0.2, -0.15) is 0 Å². The zero-order valence-corrected chi connectivity index (χ0v) is 19.4. The van der Waals surface area contributed by atoms with E-state index >= 15 is 0 Å². The van der Waals surface area contributed by atoms with Crippen LogP contribution in [0, 0.1) is 11.3 Å². The smallest absolute Gasteiger partial charge is 0.307 e. The third-order valence-corrected chi connectivity index (χ3v) is 4.90. The second-order valence-corrected chi connectivity index (χ2v) is 10.0. The van der Waals surface area contributed by atoms with Crippen LogP contribution in [0.5, 0.6) is 0 Å². The number of aliphatic hydroxyl groups excluding tert-OH is 1. The van der Waals surface area contributed by atoms with E-state index in [9.17, 15) is 14.7 Å². The molecule has 0 unspecified atom stereocenters. The summed E-state index contributed by atoms with van der Waals surface area (Å²) in [6, 6.07) is -0.338. The molecule has 0 aromatic heterocycles. The third-order valence-electron chi connectivity index (χ3n) is 4.90. The normalized spacial score (nSPS) is 14.4. The van der Waals surface area contributed by atoms with Crippen LogP contribution in [0.3, 0.4) is 0 Å². The van der Waals surface area contributed by atoms with Gasteiger partial charge in [-0.15, -0.1) is 0 Å². The first-order valence-electron chi connectivity index (χ1n) is 11.0. The first-order valence-corrected chi connectivity index (χ1v) is 11.0. The first kappa shape index (κ1) is 26.9. The van der Waals surface area contributed by atoms with Crippen molar-refractivity contribution < 1.29 is 19.4 Å². The minimum Gasteiger partial charge on any atom is -0.460 e. The van der Waals surface area contributed by atoms with E-state index in [4.69, 9.17) is 4.74 Å². The summed E-state index contributed by atoms with van der Waals surface area (Å²) in [6.07, 6.45) is 8.92. The van der Waals surface area contributed by atoms with Crippen molar-refractivity contribution in [1.82, 2.24) is 5.32 Å². The summed E-state index contributed by atoms with van der Waals surface area (Å²) in [4.78, 5) is 25.1. The number of aliphatic hydroxyl groups is 1. The lowest BCUT2D eigenvalue weighted by molar-refractivity contribution is -0.157. The lowest BCUT2D eigenvalue weighted by atomic mass is 9.86. The molecule has 5 nitrogen and oxygen atoms in total. The molecule has 2 atom stereocenters. The Morgan fingerprint density at radius 3 is 1.93 bits per heavy atom. The Hall–Kier alpha value is -1.10. The third kappa shape index (κ3) is 13.1. The minimum atomic E-state index is -0.559. The first-order chi connectivity index (χ1) is 12.9. The Balaban J connectivity index is 4.78. The number of carbonyl (C=O) groups excluding carboxylic acids is 2. The summed E-state index contributed by atoms with van der Waals surface area (Å²) >= 11 is 0. The predicted octanol–water partition coefficient (Wildman–Crippen LogP) is 5.00. The van der Waals surface area contributed by atoms with Gasteiger partial charge in [0.1, 0.15) is 5.60 Å². The van der Waals surface area contributed by atoms with Crippen molar-refractivity contribution in [3.05, 3.63) is 0 Å². The maximum atomic E-state index is 12.8. The summed E-state index contributed by atoms with van der Waals surface area (Å²) in [5, 5.41) is 12.6. The van der Waals surface area contributed by atoms with Gasteiger partial charge in [-0.1, -0.05) is 72.6 Å². The number of rotatable bonds is 13. The summed E-state index contributed by atoms with van der Waals surface area (Å²) in [7, 11) is 0. The minimum absolute atomic E-state index is 0.0846. The zero-order valence-electron chi connectivity index (χ0n) is 19.4. The highest BCUT2D eigenvalue weighted by atomic mass is 16.6. The molecule has 0 spiro atoms. The van der Waals surface area contributed by atoms with Crippen LogP contribution in [0.4, 0.5) is 0 Å². The van der Waals surface area contributed by atoms with Crippen molar-refractivity contribution in [2.75, 3.05) is 6.61 Å². The molecule has 0 aromatic rings. The van der Waals surface area contributed by atoms with E-state index in [0.717, 1.165) is 12.8 Å². The Bertz CT molecular complexity index is 448. The summed E-state index contributed by atoms with van der Waals surface area (Å²) < 4.78 is 5.42. The van der Waals surface area contributed by atoms with E-state index in [1.807, 2.05) is 41.5 Å². The van der Waals surface area contributed by atoms with E-state index in [1.54, 1.807) is 0 Å². The highest BCUT2D eigenvalue weighted by molar-refractivity contribution is 5.84. The molecular weight excluding hydrogens is 354 g/mol. The van der Waals surface area contributed by atoms with Crippen molar-refractivity contribution >= 4 is 11.9 Å². The average molecular weight is 400 g/mol. The molecule has 166 valence electrons. The van der Waals surface area contributed by atoms with Crippen LogP contribution >= 0.6 is 0 Å². The summed E-state index contributed by atoms with van der Waals surface area (Å²) in [6.45, 7) is 13.5. The Morgan fingerprint density at radius 1 is 0.929 bits per heavy atom. The summed E-state index contributed by atoms with van der Waals surface area (Å²) in [5.74, 6) is -0.917. The van der Waals surface area contributed by atoms with Crippen molar-refractivity contribution in [3.8, 4) is 0 Å². The van der Waals surface area contributed by atoms with Crippen molar-refractivity contribution in [3.63, 3.8) is 0 Å². The summed E-state index contributed by atoms with van der Waals surface area (Å²) in [5.41, 5.74) is -0.809. The topological polar surface area (TPSA) is 75.6 Å². The predicted molar refractivity (Wildman–Crippen MR) is 115 cm³/mol. The molecule has 5 heteroatoms. The van der Waals surface area contributed by atoms with Gasteiger partial charge >= 0.3 is 5.97 Å². The molecule has 0 aliphatic carbocycles. The number of ether oxygens (including phenoxy) is 1. The van der Waals surface area contributed by atoms with Crippen molar-refractivity contribution in [2.24, 2.45) is 11.3 Å². The fourth-order valence-corrected chi connectivity index (χ4v) is 3.08. The molecule has 0 aliphatic rings. The highest BCUT2D eigenvalue weighted by Crippen LogP contribution is 2.22. The molecule has 0 radical (unpaired) electrons. The molecule has 0 heterocycles. The van der Waals surface area contributed by atoms with Crippen molar-refractivity contribution in [1.29, 1.82) is 0 Å². The maximum Gasteiger partial charge on any atom is 0.307 e. The average Bonchev–Trinajstić information content (AvgIpc) is 2.54. The lowest BCUT2D eigenvalue weighted by Gasteiger charge is -2.31. The molecule has 28 heavy (non-hydrogen) atoms. The van der Waals surface area contributed by atoms with Gasteiger partial charge in [0.15, 0.2) is 0 Å². The number of nitrogens with one attached hydrogen (secondary N) is 1. The Kier molecular flexibility index (Phi) is 12.7. The fourth-order valence-electron chi connectivity index (χ4n) is 3.08. The SMILES string of the molecule is CCCCCCCCC[C@H](CC(=O)OC(C)(C)C)C(=O)N[C@H](CO)C(C)(C)C. The number of unbranched alkanes of at least 4 members (excludes halogenated alkanes) is 6. The van der Waals surface area contributed by atoms with E-state index in [2.05, 4.69) is 12.2 Å². The van der Waals surface area contributed by atoms with Crippen LogP contribution in [0.2, 0.25) is 0 Å². The fraction of sp³-hybridized carbons (Fsp3) is 0.913. The van der Waals surface area contributed by atoms with Crippen LogP contribution < -0.4 is 5.32 Å². The molecule has 0 bridgehead atoms. The van der Waals surface area contributed by atoms with E-state index in [-0.39, 0.29) is 36.4 Å². The number of hydrogen-bond acceptors (Lipinski definition) is 4. The monoisotopic (exact) mass is 399 g/mol. The number of hydrogen-bond donors (Lipinski definition) is 2. The molecule has 0 rings (SSSR count). The lowest BCUT2D eigenvalue weighted by Crippen LogP contribution is -2.48. The molecule has 0 aromatic carbocycles. The van der Waals surface area contributed by atoms with E-state index in [1.165, 1.54) is 32.1 Å². The van der Waals surface area contributed by atoms with Gasteiger partial charge in [-0.05, 0) is 32.6 Å². The molecular formula is C23H45NO4. The molecule has 2 N–H and O–H groups in total. The number of amides is 1. The van der Waals surface area contributed by atoms with Crippen LogP contribution in [-0.2, 0) is 14.3 Å².